The van der Waals surface area contributed by atoms with Gasteiger partial charge in [-0.2, -0.15) is 0 Å². The Kier molecular flexibility index (Phi) is 5.73. The van der Waals surface area contributed by atoms with Gasteiger partial charge in [0.1, 0.15) is 5.75 Å². The Bertz CT molecular complexity index is 914. The first kappa shape index (κ1) is 17.9. The van der Waals surface area contributed by atoms with Crippen molar-refractivity contribution < 1.29 is 9.53 Å². The van der Waals surface area contributed by atoms with E-state index in [2.05, 4.69) is 26.2 Å². The molecule has 1 amide bonds. The van der Waals surface area contributed by atoms with E-state index in [0.29, 0.717) is 15.9 Å². The summed E-state index contributed by atoms with van der Waals surface area (Å²) in [6, 6.07) is 14.8. The van der Waals surface area contributed by atoms with Gasteiger partial charge < -0.3 is 4.74 Å². The Morgan fingerprint density at radius 3 is 2.84 bits per heavy atom. The maximum atomic E-state index is 12.1. The van der Waals surface area contributed by atoms with E-state index in [1.807, 2.05) is 43.3 Å². The van der Waals surface area contributed by atoms with Gasteiger partial charge in [-0.1, -0.05) is 45.7 Å². The van der Waals surface area contributed by atoms with Crippen LogP contribution in [0.5, 0.6) is 5.75 Å². The van der Waals surface area contributed by atoms with E-state index in [1.165, 1.54) is 11.3 Å². The van der Waals surface area contributed by atoms with Crippen LogP contribution in [0, 0.1) is 6.92 Å². The van der Waals surface area contributed by atoms with Gasteiger partial charge in [-0.3, -0.25) is 10.1 Å². The molecule has 0 unspecified atom stereocenters. The minimum atomic E-state index is -0.258. The van der Waals surface area contributed by atoms with Gasteiger partial charge in [0.05, 0.1) is 5.69 Å². The van der Waals surface area contributed by atoms with E-state index in [0.717, 1.165) is 20.6 Å². The van der Waals surface area contributed by atoms with Gasteiger partial charge in [-0.25, -0.2) is 4.98 Å². The van der Waals surface area contributed by atoms with Crippen molar-refractivity contribution >= 4 is 49.9 Å². The van der Waals surface area contributed by atoms with Crippen LogP contribution in [0.25, 0.3) is 11.3 Å². The fraction of sp³-hybridized carbons (Fsp3) is 0.111. The largest absolute Gasteiger partial charge is 0.484 e. The summed E-state index contributed by atoms with van der Waals surface area (Å²) < 4.78 is 6.37. The third kappa shape index (κ3) is 4.81. The van der Waals surface area contributed by atoms with Gasteiger partial charge in [-0.05, 0) is 37.3 Å². The minimum absolute atomic E-state index is 0.0818. The van der Waals surface area contributed by atoms with Crippen LogP contribution in [0.3, 0.4) is 0 Å². The van der Waals surface area contributed by atoms with E-state index in [9.17, 15) is 4.79 Å². The van der Waals surface area contributed by atoms with Gasteiger partial charge in [0.2, 0.25) is 0 Å². The van der Waals surface area contributed by atoms with Gasteiger partial charge >= 0.3 is 0 Å². The molecule has 0 spiro atoms. The molecule has 0 atom stereocenters. The van der Waals surface area contributed by atoms with Crippen molar-refractivity contribution in [3.05, 3.63) is 62.9 Å². The lowest BCUT2D eigenvalue weighted by molar-refractivity contribution is -0.118. The first-order valence-electron chi connectivity index (χ1n) is 7.43. The molecule has 3 rings (SSSR count). The summed E-state index contributed by atoms with van der Waals surface area (Å²) >= 11 is 10.8. The maximum Gasteiger partial charge on any atom is 0.264 e. The highest BCUT2D eigenvalue weighted by atomic mass is 79.9. The minimum Gasteiger partial charge on any atom is -0.484 e. The number of aromatic nitrogens is 1. The number of aryl methyl sites for hydroxylation is 1. The standard InChI is InChI=1S/C18H14BrClN2O2S/c1-11-17(12-4-2-6-14(20)8-12)22-18(25-11)21-16(23)10-24-15-7-3-5-13(19)9-15/h2-9H,10H2,1H3,(H,21,22,23). The first-order chi connectivity index (χ1) is 12.0. The average Bonchev–Trinajstić information content (AvgIpc) is 2.93. The highest BCUT2D eigenvalue weighted by molar-refractivity contribution is 9.10. The van der Waals surface area contributed by atoms with Crippen molar-refractivity contribution in [1.29, 1.82) is 0 Å². The van der Waals surface area contributed by atoms with Crippen molar-refractivity contribution in [3.63, 3.8) is 0 Å². The van der Waals surface area contributed by atoms with Crippen molar-refractivity contribution in [3.8, 4) is 17.0 Å². The summed E-state index contributed by atoms with van der Waals surface area (Å²) in [6.45, 7) is 1.88. The number of nitrogens with zero attached hydrogens (tertiary/aromatic N) is 1. The maximum absolute atomic E-state index is 12.1. The lowest BCUT2D eigenvalue weighted by Crippen LogP contribution is -2.20. The predicted molar refractivity (Wildman–Crippen MR) is 106 cm³/mol. The normalized spacial score (nSPS) is 10.5. The number of thiazole rings is 1. The Balaban J connectivity index is 1.65. The number of rotatable bonds is 5. The van der Waals surface area contributed by atoms with Crippen molar-refractivity contribution in [2.75, 3.05) is 11.9 Å². The molecular weight excluding hydrogens is 424 g/mol. The van der Waals surface area contributed by atoms with Gasteiger partial charge in [-0.15, -0.1) is 11.3 Å². The van der Waals surface area contributed by atoms with E-state index in [-0.39, 0.29) is 12.5 Å². The highest BCUT2D eigenvalue weighted by Crippen LogP contribution is 2.31. The lowest BCUT2D eigenvalue weighted by Gasteiger charge is -2.06. The molecule has 0 saturated carbocycles. The zero-order valence-corrected chi connectivity index (χ0v) is 16.4. The van der Waals surface area contributed by atoms with Crippen LogP contribution in [0.4, 0.5) is 5.13 Å². The summed E-state index contributed by atoms with van der Waals surface area (Å²) in [5.41, 5.74) is 1.74. The van der Waals surface area contributed by atoms with E-state index in [4.69, 9.17) is 16.3 Å². The van der Waals surface area contributed by atoms with Crippen molar-refractivity contribution in [1.82, 2.24) is 4.98 Å². The lowest BCUT2D eigenvalue weighted by atomic mass is 10.1. The fourth-order valence-electron chi connectivity index (χ4n) is 2.21. The summed E-state index contributed by atoms with van der Waals surface area (Å²) in [4.78, 5) is 17.6. The number of anilines is 1. The molecule has 0 aliphatic heterocycles. The molecule has 25 heavy (non-hydrogen) atoms. The number of carbonyl (C=O) groups excluding carboxylic acids is 1. The number of hydrogen-bond acceptors (Lipinski definition) is 4. The molecule has 0 saturated heterocycles. The van der Waals surface area contributed by atoms with Crippen LogP contribution in [0.1, 0.15) is 4.88 Å². The fourth-order valence-corrected chi connectivity index (χ4v) is 3.64. The molecule has 128 valence electrons. The second-order valence-electron chi connectivity index (χ2n) is 5.23. The zero-order chi connectivity index (χ0) is 17.8. The van der Waals surface area contributed by atoms with Gasteiger partial charge in [0, 0.05) is 19.9 Å². The van der Waals surface area contributed by atoms with Crippen LogP contribution < -0.4 is 10.1 Å². The molecule has 1 N–H and O–H groups in total. The molecular formula is C18H14BrClN2O2S. The molecule has 7 heteroatoms. The number of benzene rings is 2. The summed E-state index contributed by atoms with van der Waals surface area (Å²) in [7, 11) is 0. The predicted octanol–water partition coefficient (Wildman–Crippen LogP) is 5.55. The van der Waals surface area contributed by atoms with Crippen LogP contribution in [0.2, 0.25) is 5.02 Å². The zero-order valence-electron chi connectivity index (χ0n) is 13.3. The third-order valence-corrected chi connectivity index (χ3v) is 4.92. The van der Waals surface area contributed by atoms with Crippen molar-refractivity contribution in [2.45, 2.75) is 6.92 Å². The smallest absolute Gasteiger partial charge is 0.264 e. The Labute approximate surface area is 162 Å². The summed E-state index contributed by atoms with van der Waals surface area (Å²) in [5.74, 6) is 0.367. The Morgan fingerprint density at radius 1 is 1.28 bits per heavy atom. The second-order valence-corrected chi connectivity index (χ2v) is 7.78. The molecule has 0 fully saturated rings. The number of amides is 1. The Hall–Kier alpha value is -1.89. The molecule has 1 aromatic heterocycles. The SMILES string of the molecule is Cc1sc(NC(=O)COc2cccc(Br)c2)nc1-c1cccc(Cl)c1. The Morgan fingerprint density at radius 2 is 2.08 bits per heavy atom. The van der Waals surface area contributed by atoms with Gasteiger partial charge in [0.25, 0.3) is 5.91 Å². The quantitative estimate of drug-likeness (QED) is 0.569. The topological polar surface area (TPSA) is 51.2 Å². The number of hydrogen-bond donors (Lipinski definition) is 1. The van der Waals surface area contributed by atoms with Crippen LogP contribution in [-0.4, -0.2) is 17.5 Å². The molecule has 0 aliphatic rings. The molecule has 1 heterocycles. The molecule has 0 radical (unpaired) electrons. The second kappa shape index (κ2) is 7.99. The highest BCUT2D eigenvalue weighted by Gasteiger charge is 2.13. The average molecular weight is 438 g/mol. The van der Waals surface area contributed by atoms with E-state index < -0.39 is 0 Å². The van der Waals surface area contributed by atoms with Crippen LogP contribution in [0.15, 0.2) is 53.0 Å². The number of carbonyl (C=O) groups is 1. The van der Waals surface area contributed by atoms with Crippen LogP contribution >= 0.6 is 38.9 Å². The molecule has 0 bridgehead atoms. The van der Waals surface area contributed by atoms with Gasteiger partial charge in [0.15, 0.2) is 11.7 Å². The molecule has 3 aromatic rings. The summed E-state index contributed by atoms with van der Waals surface area (Å²) in [5, 5.41) is 3.96. The molecule has 2 aromatic carbocycles. The van der Waals surface area contributed by atoms with E-state index >= 15 is 0 Å². The molecule has 0 aliphatic carbocycles. The molecule has 4 nitrogen and oxygen atoms in total. The van der Waals surface area contributed by atoms with E-state index in [1.54, 1.807) is 12.1 Å². The first-order valence-corrected chi connectivity index (χ1v) is 9.41. The summed E-state index contributed by atoms with van der Waals surface area (Å²) in [6.07, 6.45) is 0. The third-order valence-electron chi connectivity index (χ3n) is 3.31. The van der Waals surface area contributed by atoms with Crippen LogP contribution in [-0.2, 0) is 4.79 Å². The monoisotopic (exact) mass is 436 g/mol. The van der Waals surface area contributed by atoms with Crippen molar-refractivity contribution in [2.24, 2.45) is 0 Å². The number of halogens is 2. The number of ether oxygens (including phenoxy) is 1. The number of nitrogens with one attached hydrogen (secondary N) is 1.